The highest BCUT2D eigenvalue weighted by atomic mass is 16.2. The molecule has 1 saturated heterocycles. The van der Waals surface area contributed by atoms with Gasteiger partial charge in [0.1, 0.15) is 0 Å². The number of nitrogens with zero attached hydrogens (tertiary/aromatic N) is 2. The zero-order chi connectivity index (χ0) is 14.9. The lowest BCUT2D eigenvalue weighted by molar-refractivity contribution is 0.0827. The van der Waals surface area contributed by atoms with Gasteiger partial charge in [-0.1, -0.05) is 13.8 Å². The van der Waals surface area contributed by atoms with Gasteiger partial charge in [0.15, 0.2) is 0 Å². The lowest BCUT2D eigenvalue weighted by Gasteiger charge is -2.31. The standard InChI is InChI=1S/C16H25N3O/c1-11(2)14-6-5-9-19(14)15-8-7-12(10-13(15)17)16(20)18(3)4/h7-8,10-11,14H,5-6,9,17H2,1-4H3. The molecule has 0 spiro atoms. The molecule has 20 heavy (non-hydrogen) atoms. The fourth-order valence-corrected chi connectivity index (χ4v) is 2.99. The number of hydrogen-bond donors (Lipinski definition) is 1. The molecule has 4 heteroatoms. The highest BCUT2D eigenvalue weighted by Crippen LogP contribution is 2.33. The van der Waals surface area contributed by atoms with E-state index in [2.05, 4.69) is 18.7 Å². The van der Waals surface area contributed by atoms with Crippen molar-refractivity contribution in [2.45, 2.75) is 32.7 Å². The van der Waals surface area contributed by atoms with Crippen molar-refractivity contribution in [3.63, 3.8) is 0 Å². The number of hydrogen-bond acceptors (Lipinski definition) is 3. The van der Waals surface area contributed by atoms with Crippen molar-refractivity contribution in [1.29, 1.82) is 0 Å². The molecule has 0 bridgehead atoms. The Labute approximate surface area is 121 Å². The SMILES string of the molecule is CC(C)C1CCCN1c1ccc(C(=O)N(C)C)cc1N. The maximum Gasteiger partial charge on any atom is 0.253 e. The Balaban J connectivity index is 2.28. The first-order valence-electron chi connectivity index (χ1n) is 7.29. The fraction of sp³-hybridized carbons (Fsp3) is 0.562. The summed E-state index contributed by atoms with van der Waals surface area (Å²) in [6.45, 7) is 5.56. The molecule has 2 N–H and O–H groups in total. The van der Waals surface area contributed by atoms with E-state index in [1.165, 1.54) is 12.8 Å². The molecule has 1 aromatic rings. The summed E-state index contributed by atoms with van der Waals surface area (Å²) in [6.07, 6.45) is 2.43. The van der Waals surface area contributed by atoms with E-state index in [1.807, 2.05) is 12.1 Å². The average molecular weight is 275 g/mol. The predicted octanol–water partition coefficient (Wildman–Crippen LogP) is 2.60. The number of nitrogens with two attached hydrogens (primary N) is 1. The molecule has 0 radical (unpaired) electrons. The van der Waals surface area contributed by atoms with Crippen LogP contribution in [0.3, 0.4) is 0 Å². The van der Waals surface area contributed by atoms with Crippen LogP contribution in [0.25, 0.3) is 0 Å². The first-order chi connectivity index (χ1) is 9.41. The molecule has 1 heterocycles. The van der Waals surface area contributed by atoms with Gasteiger partial charge in [-0.05, 0) is 37.0 Å². The largest absolute Gasteiger partial charge is 0.397 e. The smallest absolute Gasteiger partial charge is 0.253 e. The first kappa shape index (κ1) is 14.7. The van der Waals surface area contributed by atoms with E-state index < -0.39 is 0 Å². The number of nitrogen functional groups attached to an aromatic ring is 1. The molecule has 0 aromatic heterocycles. The van der Waals surface area contributed by atoms with E-state index in [0.717, 1.165) is 12.2 Å². The maximum atomic E-state index is 12.0. The van der Waals surface area contributed by atoms with E-state index >= 15 is 0 Å². The molecule has 1 aliphatic heterocycles. The summed E-state index contributed by atoms with van der Waals surface area (Å²) in [4.78, 5) is 15.9. The van der Waals surface area contributed by atoms with Crippen LogP contribution < -0.4 is 10.6 Å². The Kier molecular flexibility index (Phi) is 4.21. The van der Waals surface area contributed by atoms with Gasteiger partial charge in [-0.2, -0.15) is 0 Å². The molecule has 0 saturated carbocycles. The van der Waals surface area contributed by atoms with Crippen LogP contribution >= 0.6 is 0 Å². The molecule has 1 atom stereocenters. The van der Waals surface area contributed by atoms with Gasteiger partial charge in [0, 0.05) is 32.2 Å². The minimum atomic E-state index is -0.00918. The van der Waals surface area contributed by atoms with Crippen LogP contribution in [-0.4, -0.2) is 37.5 Å². The molecule has 1 amide bonds. The number of amides is 1. The van der Waals surface area contributed by atoms with Gasteiger partial charge < -0.3 is 15.5 Å². The highest BCUT2D eigenvalue weighted by Gasteiger charge is 2.28. The zero-order valence-corrected chi connectivity index (χ0v) is 12.9. The van der Waals surface area contributed by atoms with E-state index in [-0.39, 0.29) is 5.91 Å². The Morgan fingerprint density at radius 2 is 2.10 bits per heavy atom. The van der Waals surface area contributed by atoms with E-state index in [1.54, 1.807) is 25.1 Å². The average Bonchev–Trinajstić information content (AvgIpc) is 2.86. The van der Waals surface area contributed by atoms with E-state index in [9.17, 15) is 4.79 Å². The van der Waals surface area contributed by atoms with Crippen molar-refractivity contribution >= 4 is 17.3 Å². The lowest BCUT2D eigenvalue weighted by Crippen LogP contribution is -2.34. The van der Waals surface area contributed by atoms with Gasteiger partial charge in [-0.15, -0.1) is 0 Å². The van der Waals surface area contributed by atoms with Crippen LogP contribution in [0.4, 0.5) is 11.4 Å². The minimum absolute atomic E-state index is 0.00918. The number of rotatable bonds is 3. The third-order valence-corrected chi connectivity index (χ3v) is 4.06. The Hall–Kier alpha value is -1.71. The van der Waals surface area contributed by atoms with Gasteiger partial charge in [-0.25, -0.2) is 0 Å². The molecule has 4 nitrogen and oxygen atoms in total. The minimum Gasteiger partial charge on any atom is -0.397 e. The summed E-state index contributed by atoms with van der Waals surface area (Å²) >= 11 is 0. The Morgan fingerprint density at radius 1 is 1.40 bits per heavy atom. The van der Waals surface area contributed by atoms with Gasteiger partial charge in [0.2, 0.25) is 0 Å². The fourth-order valence-electron chi connectivity index (χ4n) is 2.99. The Bertz CT molecular complexity index is 496. The van der Waals surface area contributed by atoms with Crippen molar-refractivity contribution < 1.29 is 4.79 Å². The van der Waals surface area contributed by atoms with Crippen molar-refractivity contribution in [2.24, 2.45) is 5.92 Å². The van der Waals surface area contributed by atoms with Gasteiger partial charge in [0.05, 0.1) is 11.4 Å². The second kappa shape index (κ2) is 5.73. The first-order valence-corrected chi connectivity index (χ1v) is 7.29. The summed E-state index contributed by atoms with van der Waals surface area (Å²) in [5.74, 6) is 0.602. The summed E-state index contributed by atoms with van der Waals surface area (Å²) < 4.78 is 0. The van der Waals surface area contributed by atoms with E-state index in [4.69, 9.17) is 5.73 Å². The monoisotopic (exact) mass is 275 g/mol. The van der Waals surface area contributed by atoms with E-state index in [0.29, 0.717) is 23.2 Å². The zero-order valence-electron chi connectivity index (χ0n) is 12.9. The Morgan fingerprint density at radius 3 is 2.65 bits per heavy atom. The van der Waals surface area contributed by atoms with Crippen LogP contribution in [0.1, 0.15) is 37.0 Å². The molecule has 1 aliphatic rings. The summed E-state index contributed by atoms with van der Waals surface area (Å²) in [7, 11) is 3.50. The second-order valence-electron chi connectivity index (χ2n) is 6.12. The molecular weight excluding hydrogens is 250 g/mol. The predicted molar refractivity (Wildman–Crippen MR) is 84.1 cm³/mol. The molecule has 0 aliphatic carbocycles. The molecule has 2 rings (SSSR count). The molecule has 1 aromatic carbocycles. The van der Waals surface area contributed by atoms with Crippen molar-refractivity contribution in [2.75, 3.05) is 31.3 Å². The van der Waals surface area contributed by atoms with Crippen molar-refractivity contribution in [1.82, 2.24) is 4.90 Å². The maximum absolute atomic E-state index is 12.0. The number of benzene rings is 1. The number of carbonyl (C=O) groups is 1. The molecule has 1 fully saturated rings. The lowest BCUT2D eigenvalue weighted by atomic mass is 10.0. The topological polar surface area (TPSA) is 49.6 Å². The number of anilines is 2. The number of carbonyl (C=O) groups excluding carboxylic acids is 1. The van der Waals surface area contributed by atoms with Crippen LogP contribution in [-0.2, 0) is 0 Å². The second-order valence-corrected chi connectivity index (χ2v) is 6.12. The quantitative estimate of drug-likeness (QED) is 0.863. The van der Waals surface area contributed by atoms with Crippen LogP contribution in [0, 0.1) is 5.92 Å². The van der Waals surface area contributed by atoms with Gasteiger partial charge >= 0.3 is 0 Å². The van der Waals surface area contributed by atoms with Crippen LogP contribution in [0.5, 0.6) is 0 Å². The third-order valence-electron chi connectivity index (χ3n) is 4.06. The molecule has 110 valence electrons. The van der Waals surface area contributed by atoms with Crippen LogP contribution in [0.2, 0.25) is 0 Å². The summed E-state index contributed by atoms with van der Waals surface area (Å²) in [5, 5.41) is 0. The van der Waals surface area contributed by atoms with Crippen molar-refractivity contribution in [3.05, 3.63) is 23.8 Å². The van der Waals surface area contributed by atoms with Gasteiger partial charge in [-0.3, -0.25) is 4.79 Å². The normalized spacial score (nSPS) is 18.6. The van der Waals surface area contributed by atoms with Crippen LogP contribution in [0.15, 0.2) is 18.2 Å². The summed E-state index contributed by atoms with van der Waals surface area (Å²) in [5.41, 5.74) is 8.60. The van der Waals surface area contributed by atoms with Gasteiger partial charge in [0.25, 0.3) is 5.91 Å². The molecule has 1 unspecified atom stereocenters. The summed E-state index contributed by atoms with van der Waals surface area (Å²) in [6, 6.07) is 6.22. The van der Waals surface area contributed by atoms with Crippen molar-refractivity contribution in [3.8, 4) is 0 Å². The third kappa shape index (κ3) is 2.74. The highest BCUT2D eigenvalue weighted by molar-refractivity contribution is 5.95. The molecular formula is C16H25N3O.